The number of nitrogens with one attached hydrogen (secondary N) is 2. The molecule has 0 fully saturated rings. The van der Waals surface area contributed by atoms with Crippen LogP contribution in [0.3, 0.4) is 0 Å². The Labute approximate surface area is 183 Å². The fourth-order valence-electron chi connectivity index (χ4n) is 2.82. The Kier molecular flexibility index (Phi) is 5.79. The van der Waals surface area contributed by atoms with Gasteiger partial charge in [-0.2, -0.15) is 0 Å². The van der Waals surface area contributed by atoms with E-state index in [-0.39, 0.29) is 16.3 Å². The van der Waals surface area contributed by atoms with Gasteiger partial charge in [0.1, 0.15) is 0 Å². The molecule has 156 valence electrons. The second-order valence-corrected chi connectivity index (χ2v) is 9.22. The average molecular weight is 451 g/mol. The summed E-state index contributed by atoms with van der Waals surface area (Å²) in [5.41, 5.74) is 2.65. The average Bonchev–Trinajstić information content (AvgIpc) is 3.23. The number of nitrogens with zero attached hydrogens (tertiary/aromatic N) is 2. The maximum Gasteiger partial charge on any atom is 0.278 e. The highest BCUT2D eigenvalue weighted by Crippen LogP contribution is 2.26. The minimum Gasteiger partial charge on any atom is -0.296 e. The van der Waals surface area contributed by atoms with Gasteiger partial charge >= 0.3 is 0 Å². The topological polar surface area (TPSA) is 101 Å². The Hall–Kier alpha value is -3.56. The molecule has 0 unspecified atom stereocenters. The molecule has 0 saturated carbocycles. The van der Waals surface area contributed by atoms with Crippen molar-refractivity contribution in [2.24, 2.45) is 0 Å². The highest BCUT2D eigenvalue weighted by molar-refractivity contribution is 7.92. The molecular weight excluding hydrogens is 432 g/mol. The van der Waals surface area contributed by atoms with Crippen LogP contribution < -0.4 is 10.0 Å². The monoisotopic (exact) mass is 450 g/mol. The summed E-state index contributed by atoms with van der Waals surface area (Å²) in [7, 11) is -3.87. The smallest absolute Gasteiger partial charge is 0.278 e. The summed E-state index contributed by atoms with van der Waals surface area (Å²) in [6, 6.07) is 19.1. The second-order valence-electron chi connectivity index (χ2n) is 6.68. The van der Waals surface area contributed by atoms with Crippen molar-refractivity contribution >= 4 is 38.1 Å². The number of thiazole rings is 1. The molecule has 1 amide bonds. The number of aromatic nitrogens is 2. The third-order valence-electron chi connectivity index (χ3n) is 4.39. The van der Waals surface area contributed by atoms with E-state index >= 15 is 0 Å². The van der Waals surface area contributed by atoms with E-state index in [1.54, 1.807) is 18.2 Å². The first-order valence-electron chi connectivity index (χ1n) is 9.29. The number of carbonyl (C=O) groups excluding carboxylic acids is 1. The van der Waals surface area contributed by atoms with Crippen molar-refractivity contribution in [3.63, 3.8) is 0 Å². The second kappa shape index (κ2) is 8.66. The van der Waals surface area contributed by atoms with E-state index in [0.717, 1.165) is 16.8 Å². The molecule has 2 aromatic heterocycles. The Morgan fingerprint density at radius 1 is 0.968 bits per heavy atom. The van der Waals surface area contributed by atoms with Crippen molar-refractivity contribution in [3.8, 4) is 11.3 Å². The molecule has 0 saturated heterocycles. The minimum absolute atomic E-state index is 0.0466. The van der Waals surface area contributed by atoms with Gasteiger partial charge in [-0.25, -0.2) is 18.4 Å². The molecule has 31 heavy (non-hydrogen) atoms. The first-order valence-corrected chi connectivity index (χ1v) is 11.7. The highest BCUT2D eigenvalue weighted by Gasteiger charge is 2.20. The molecule has 0 aliphatic carbocycles. The number of rotatable bonds is 6. The summed E-state index contributed by atoms with van der Waals surface area (Å²) in [4.78, 5) is 21.4. The van der Waals surface area contributed by atoms with Crippen molar-refractivity contribution < 1.29 is 13.2 Å². The van der Waals surface area contributed by atoms with Crippen molar-refractivity contribution in [1.29, 1.82) is 0 Å². The van der Waals surface area contributed by atoms with Gasteiger partial charge in [0.15, 0.2) is 10.8 Å². The molecule has 2 heterocycles. The Morgan fingerprint density at radius 3 is 2.45 bits per heavy atom. The van der Waals surface area contributed by atoms with E-state index in [9.17, 15) is 13.2 Å². The molecule has 2 aromatic carbocycles. The lowest BCUT2D eigenvalue weighted by Crippen LogP contribution is -2.19. The summed E-state index contributed by atoms with van der Waals surface area (Å²) >= 11 is 1.28. The number of amides is 1. The number of aryl methyl sites for hydroxylation is 1. The van der Waals surface area contributed by atoms with E-state index in [4.69, 9.17) is 0 Å². The number of benzene rings is 2. The number of carbonyl (C=O) groups is 1. The van der Waals surface area contributed by atoms with Crippen molar-refractivity contribution in [2.45, 2.75) is 11.8 Å². The van der Waals surface area contributed by atoms with Gasteiger partial charge in [-0.3, -0.25) is 14.8 Å². The molecule has 0 radical (unpaired) electrons. The number of pyridine rings is 1. The van der Waals surface area contributed by atoms with Crippen LogP contribution in [0.5, 0.6) is 0 Å². The highest BCUT2D eigenvalue weighted by atomic mass is 32.2. The molecule has 2 N–H and O–H groups in total. The Morgan fingerprint density at radius 2 is 1.71 bits per heavy atom. The van der Waals surface area contributed by atoms with Crippen LogP contribution >= 0.6 is 11.3 Å². The number of anilines is 2. The lowest BCUT2D eigenvalue weighted by Gasteiger charge is -2.11. The normalized spacial score (nSPS) is 11.1. The van der Waals surface area contributed by atoms with Crippen LogP contribution in [0.2, 0.25) is 0 Å². The van der Waals surface area contributed by atoms with Gasteiger partial charge < -0.3 is 0 Å². The maximum atomic E-state index is 12.8. The van der Waals surface area contributed by atoms with Crippen molar-refractivity contribution in [2.75, 3.05) is 10.0 Å². The van der Waals surface area contributed by atoms with Crippen LogP contribution in [0.1, 0.15) is 16.1 Å². The van der Waals surface area contributed by atoms with E-state index in [1.807, 2.05) is 42.6 Å². The molecule has 4 aromatic rings. The van der Waals surface area contributed by atoms with Crippen molar-refractivity contribution in [3.05, 3.63) is 89.6 Å². The maximum absolute atomic E-state index is 12.8. The van der Waals surface area contributed by atoms with E-state index in [0.29, 0.717) is 5.13 Å². The lowest BCUT2D eigenvalue weighted by atomic mass is 10.2. The Balaban J connectivity index is 1.55. The molecule has 0 aliphatic rings. The van der Waals surface area contributed by atoms with Crippen LogP contribution in [0, 0.1) is 6.92 Å². The van der Waals surface area contributed by atoms with Gasteiger partial charge in [-0.15, -0.1) is 11.3 Å². The molecule has 0 aliphatic heterocycles. The summed E-state index contributed by atoms with van der Waals surface area (Å²) in [5, 5.41) is 4.92. The van der Waals surface area contributed by atoms with Gasteiger partial charge in [-0.1, -0.05) is 48.0 Å². The number of sulfonamides is 1. The summed E-state index contributed by atoms with van der Waals surface area (Å²) < 4.78 is 27.9. The molecular formula is C22H18N4O3S2. The molecule has 9 heteroatoms. The third-order valence-corrected chi connectivity index (χ3v) is 6.53. The van der Waals surface area contributed by atoms with Gasteiger partial charge in [0.05, 0.1) is 16.3 Å². The standard InChI is InChI=1S/C22H18N4O3S2/c1-15-9-11-17(12-10-15)31(28,29)26-18-8-5-13-23-20(18)21(27)25-22-24-19(14-30-22)16-6-3-2-4-7-16/h2-14,26H,1H3,(H,24,25,27). The minimum atomic E-state index is -3.87. The third kappa shape index (κ3) is 4.79. The van der Waals surface area contributed by atoms with Crippen LogP contribution in [0.4, 0.5) is 10.8 Å². The van der Waals surface area contributed by atoms with Gasteiger partial charge in [-0.05, 0) is 31.2 Å². The zero-order chi connectivity index (χ0) is 21.8. The van der Waals surface area contributed by atoms with Crippen LogP contribution in [-0.2, 0) is 10.0 Å². The molecule has 0 bridgehead atoms. The summed E-state index contributed by atoms with van der Waals surface area (Å²) in [6.07, 6.45) is 1.43. The first kappa shape index (κ1) is 20.7. The Bertz CT molecular complexity index is 1320. The van der Waals surface area contributed by atoms with Crippen LogP contribution in [0.15, 0.2) is 83.2 Å². The fraction of sp³-hybridized carbons (Fsp3) is 0.0455. The van der Waals surface area contributed by atoms with Gasteiger partial charge in [0.2, 0.25) is 0 Å². The number of hydrogen-bond acceptors (Lipinski definition) is 6. The molecule has 7 nitrogen and oxygen atoms in total. The molecule has 4 rings (SSSR count). The quantitative estimate of drug-likeness (QED) is 0.448. The van der Waals surface area contributed by atoms with Crippen molar-refractivity contribution in [1.82, 2.24) is 9.97 Å². The SMILES string of the molecule is Cc1ccc(S(=O)(=O)Nc2cccnc2C(=O)Nc2nc(-c3ccccc3)cs2)cc1. The van der Waals surface area contributed by atoms with Gasteiger partial charge in [0, 0.05) is 17.1 Å². The zero-order valence-electron chi connectivity index (χ0n) is 16.4. The molecule has 0 spiro atoms. The summed E-state index contributed by atoms with van der Waals surface area (Å²) in [6.45, 7) is 1.87. The van der Waals surface area contributed by atoms with Crippen LogP contribution in [0.25, 0.3) is 11.3 Å². The predicted molar refractivity (Wildman–Crippen MR) is 122 cm³/mol. The van der Waals surface area contributed by atoms with E-state index < -0.39 is 15.9 Å². The van der Waals surface area contributed by atoms with Gasteiger partial charge in [0.25, 0.3) is 15.9 Å². The fourth-order valence-corrected chi connectivity index (χ4v) is 4.60. The molecule has 0 atom stereocenters. The zero-order valence-corrected chi connectivity index (χ0v) is 18.1. The largest absolute Gasteiger partial charge is 0.296 e. The first-order chi connectivity index (χ1) is 14.9. The van der Waals surface area contributed by atoms with E-state index in [2.05, 4.69) is 20.0 Å². The van der Waals surface area contributed by atoms with Crippen LogP contribution in [-0.4, -0.2) is 24.3 Å². The predicted octanol–water partition coefficient (Wildman–Crippen LogP) is 4.57. The lowest BCUT2D eigenvalue weighted by molar-refractivity contribution is 0.102. The van der Waals surface area contributed by atoms with E-state index in [1.165, 1.54) is 35.7 Å². The number of hydrogen-bond donors (Lipinski definition) is 2. The summed E-state index contributed by atoms with van der Waals surface area (Å²) in [5.74, 6) is -0.559.